The minimum Gasteiger partial charge on any atom is -0.466 e. The van der Waals surface area contributed by atoms with Gasteiger partial charge in [-0.15, -0.1) is 0 Å². The van der Waals surface area contributed by atoms with Gasteiger partial charge in [-0.2, -0.15) is 0 Å². The molecular weight excluding hydrogens is 240 g/mol. The zero-order valence-electron chi connectivity index (χ0n) is 10.8. The molecule has 0 radical (unpaired) electrons. The second kappa shape index (κ2) is 5.24. The molecule has 0 saturated carbocycles. The molecule has 1 heterocycles. The van der Waals surface area contributed by atoms with Gasteiger partial charge in [0.2, 0.25) is 5.91 Å². The van der Waals surface area contributed by atoms with Crippen LogP contribution in [0.4, 0.5) is 4.79 Å². The average Bonchev–Trinajstić information content (AvgIpc) is 2.25. The molecule has 0 spiro atoms. The summed E-state index contributed by atoms with van der Waals surface area (Å²) < 4.78 is 4.79. The molecular formula is C11H18N2O5. The van der Waals surface area contributed by atoms with Crippen molar-refractivity contribution < 1.29 is 24.2 Å². The van der Waals surface area contributed by atoms with Gasteiger partial charge in [0.05, 0.1) is 13.0 Å². The summed E-state index contributed by atoms with van der Waals surface area (Å²) in [6.45, 7) is 3.82. The fourth-order valence-corrected chi connectivity index (χ4v) is 2.10. The first-order chi connectivity index (χ1) is 8.32. The van der Waals surface area contributed by atoms with E-state index in [9.17, 15) is 14.4 Å². The van der Waals surface area contributed by atoms with Gasteiger partial charge in [0.25, 0.3) is 0 Å². The third kappa shape index (κ3) is 2.55. The average molecular weight is 258 g/mol. The predicted molar refractivity (Wildman–Crippen MR) is 62.0 cm³/mol. The first kappa shape index (κ1) is 14.3. The highest BCUT2D eigenvalue weighted by molar-refractivity contribution is 5.94. The van der Waals surface area contributed by atoms with Crippen LogP contribution >= 0.6 is 0 Å². The zero-order valence-corrected chi connectivity index (χ0v) is 10.8. The summed E-state index contributed by atoms with van der Waals surface area (Å²) in [5, 5.41) is 9.12. The van der Waals surface area contributed by atoms with Crippen LogP contribution in [-0.2, 0) is 14.3 Å². The Morgan fingerprint density at radius 2 is 2.06 bits per heavy atom. The molecule has 0 aliphatic carbocycles. The van der Waals surface area contributed by atoms with Gasteiger partial charge in [-0.3, -0.25) is 14.5 Å². The second-order valence-electron chi connectivity index (χ2n) is 4.42. The first-order valence-electron chi connectivity index (χ1n) is 5.74. The molecule has 2 amide bonds. The molecule has 102 valence electrons. The Morgan fingerprint density at radius 1 is 1.44 bits per heavy atom. The summed E-state index contributed by atoms with van der Waals surface area (Å²) in [4.78, 5) is 37.2. The Kier molecular flexibility index (Phi) is 4.15. The van der Waals surface area contributed by atoms with E-state index < -0.39 is 17.6 Å². The molecule has 0 aromatic heterocycles. The van der Waals surface area contributed by atoms with Crippen LogP contribution in [0.15, 0.2) is 0 Å². The highest BCUT2D eigenvalue weighted by Crippen LogP contribution is 2.26. The van der Waals surface area contributed by atoms with E-state index in [1.54, 1.807) is 14.0 Å². The molecule has 1 aliphatic rings. The number of carboxylic acid groups (broad SMARTS) is 1. The van der Waals surface area contributed by atoms with Crippen molar-refractivity contribution in [3.63, 3.8) is 0 Å². The lowest BCUT2D eigenvalue weighted by molar-refractivity contribution is -0.157. The van der Waals surface area contributed by atoms with Crippen LogP contribution < -0.4 is 0 Å². The monoisotopic (exact) mass is 258 g/mol. The summed E-state index contributed by atoms with van der Waals surface area (Å²) >= 11 is 0. The Hall–Kier alpha value is -1.79. The third-order valence-electron chi connectivity index (χ3n) is 3.09. The molecule has 7 heteroatoms. The maximum Gasteiger partial charge on any atom is 0.408 e. The number of hydrogen-bond donors (Lipinski definition) is 1. The van der Waals surface area contributed by atoms with Crippen molar-refractivity contribution in [1.82, 2.24) is 9.80 Å². The molecule has 0 aromatic rings. The van der Waals surface area contributed by atoms with Crippen LogP contribution in [0.3, 0.4) is 0 Å². The molecule has 1 saturated heterocycles. The molecule has 1 N–H and O–H groups in total. The first-order valence-corrected chi connectivity index (χ1v) is 5.74. The molecule has 1 atom stereocenters. The molecule has 0 aromatic carbocycles. The van der Waals surface area contributed by atoms with Crippen molar-refractivity contribution in [3.05, 3.63) is 0 Å². The van der Waals surface area contributed by atoms with Gasteiger partial charge in [0.15, 0.2) is 0 Å². The lowest BCUT2D eigenvalue weighted by Crippen LogP contribution is -2.65. The zero-order chi connectivity index (χ0) is 13.9. The maximum absolute atomic E-state index is 12.1. The number of rotatable bonds is 3. The number of hydrogen-bond acceptors (Lipinski definition) is 4. The van der Waals surface area contributed by atoms with Crippen molar-refractivity contribution in [3.8, 4) is 0 Å². The molecule has 1 aliphatic heterocycles. The van der Waals surface area contributed by atoms with Crippen LogP contribution in [0.2, 0.25) is 0 Å². The Morgan fingerprint density at radius 3 is 2.56 bits per heavy atom. The van der Waals surface area contributed by atoms with E-state index in [1.165, 1.54) is 11.8 Å². The topological polar surface area (TPSA) is 87.2 Å². The largest absolute Gasteiger partial charge is 0.466 e. The molecule has 0 unspecified atom stereocenters. The Balaban J connectivity index is 2.97. The number of nitrogens with zero attached hydrogens (tertiary/aromatic N) is 2. The highest BCUT2D eigenvalue weighted by atomic mass is 16.5. The van der Waals surface area contributed by atoms with Crippen molar-refractivity contribution in [2.45, 2.75) is 25.8 Å². The molecule has 1 fully saturated rings. The van der Waals surface area contributed by atoms with Crippen LogP contribution in [0.25, 0.3) is 0 Å². The number of amides is 2. The third-order valence-corrected chi connectivity index (χ3v) is 3.09. The summed E-state index contributed by atoms with van der Waals surface area (Å²) in [5.74, 6) is -0.959. The number of ether oxygens (including phenoxy) is 1. The minimum atomic E-state index is -1.38. The van der Waals surface area contributed by atoms with Gasteiger partial charge in [-0.05, 0) is 13.8 Å². The SMILES string of the molecule is CCOC(=O)C[C@@]1(C)C(=O)N(C)CCN1C(=O)O. The van der Waals surface area contributed by atoms with Gasteiger partial charge in [-0.25, -0.2) is 4.79 Å². The Labute approximate surface area is 105 Å². The van der Waals surface area contributed by atoms with Crippen LogP contribution in [0.1, 0.15) is 20.3 Å². The smallest absolute Gasteiger partial charge is 0.408 e. The lowest BCUT2D eigenvalue weighted by atomic mass is 9.91. The van der Waals surface area contributed by atoms with E-state index >= 15 is 0 Å². The second-order valence-corrected chi connectivity index (χ2v) is 4.42. The Bertz CT molecular complexity index is 370. The fourth-order valence-electron chi connectivity index (χ4n) is 2.10. The van der Waals surface area contributed by atoms with Gasteiger partial charge >= 0.3 is 12.1 Å². The summed E-state index contributed by atoms with van der Waals surface area (Å²) in [6.07, 6.45) is -1.47. The lowest BCUT2D eigenvalue weighted by Gasteiger charge is -2.44. The van der Waals surface area contributed by atoms with Crippen LogP contribution in [0, 0.1) is 0 Å². The number of likely N-dealkylation sites (N-methyl/N-ethyl adjacent to an activating group) is 1. The molecule has 0 bridgehead atoms. The fraction of sp³-hybridized carbons (Fsp3) is 0.727. The van der Waals surface area contributed by atoms with E-state index in [1.807, 2.05) is 0 Å². The predicted octanol–water partition coefficient (Wildman–Crippen LogP) is 0.150. The summed E-state index contributed by atoms with van der Waals surface area (Å²) in [5.41, 5.74) is -1.38. The molecule has 7 nitrogen and oxygen atoms in total. The van der Waals surface area contributed by atoms with Gasteiger partial charge in [-0.1, -0.05) is 0 Å². The summed E-state index contributed by atoms with van der Waals surface area (Å²) in [6, 6.07) is 0. The van der Waals surface area contributed by atoms with Crippen LogP contribution in [-0.4, -0.2) is 65.2 Å². The molecule has 18 heavy (non-hydrogen) atoms. The van der Waals surface area contributed by atoms with Gasteiger partial charge in [0, 0.05) is 20.1 Å². The van der Waals surface area contributed by atoms with Crippen molar-refractivity contribution >= 4 is 18.0 Å². The highest BCUT2D eigenvalue weighted by Gasteiger charge is 2.48. The van der Waals surface area contributed by atoms with E-state index in [0.29, 0.717) is 6.54 Å². The van der Waals surface area contributed by atoms with E-state index in [0.717, 1.165) is 4.90 Å². The van der Waals surface area contributed by atoms with E-state index in [2.05, 4.69) is 0 Å². The van der Waals surface area contributed by atoms with Gasteiger partial charge in [0.1, 0.15) is 5.54 Å². The number of esters is 1. The maximum atomic E-state index is 12.1. The quantitative estimate of drug-likeness (QED) is 0.728. The normalized spacial score (nSPS) is 24.1. The number of carbonyl (C=O) groups is 3. The number of piperazine rings is 1. The number of carbonyl (C=O) groups excluding carboxylic acids is 2. The van der Waals surface area contributed by atoms with Crippen molar-refractivity contribution in [1.29, 1.82) is 0 Å². The summed E-state index contributed by atoms with van der Waals surface area (Å²) in [7, 11) is 1.59. The minimum absolute atomic E-state index is 0.188. The molecule has 1 rings (SSSR count). The van der Waals surface area contributed by atoms with E-state index in [4.69, 9.17) is 9.84 Å². The van der Waals surface area contributed by atoms with Gasteiger partial charge < -0.3 is 14.7 Å². The van der Waals surface area contributed by atoms with Crippen molar-refractivity contribution in [2.24, 2.45) is 0 Å². The van der Waals surface area contributed by atoms with Crippen molar-refractivity contribution in [2.75, 3.05) is 26.7 Å². The van der Waals surface area contributed by atoms with E-state index in [-0.39, 0.29) is 25.5 Å². The van der Waals surface area contributed by atoms with Crippen LogP contribution in [0.5, 0.6) is 0 Å². The standard InChI is InChI=1S/C11H18N2O5/c1-4-18-8(14)7-11(2)9(15)12(3)5-6-13(11)10(16)17/h4-7H2,1-3H3,(H,16,17)/t11-/m0/s1.